The molecule has 1 aliphatic rings. The van der Waals surface area contributed by atoms with E-state index in [1.54, 1.807) is 6.07 Å². The predicted molar refractivity (Wildman–Crippen MR) is 73.7 cm³/mol. The van der Waals surface area contributed by atoms with Gasteiger partial charge in [-0.3, -0.25) is 0 Å². The van der Waals surface area contributed by atoms with Crippen LogP contribution in [-0.2, 0) is 0 Å². The number of hydrogen-bond acceptors (Lipinski definition) is 4. The monoisotopic (exact) mass is 281 g/mol. The van der Waals surface area contributed by atoms with E-state index >= 15 is 0 Å². The molecule has 0 saturated heterocycles. The number of fused-ring (bicyclic) bond motifs is 1. The lowest BCUT2D eigenvalue weighted by molar-refractivity contribution is 0.624. The fourth-order valence-electron chi connectivity index (χ4n) is 2.50. The summed E-state index contributed by atoms with van der Waals surface area (Å²) in [5.41, 5.74) is 0.279. The first-order valence-electron chi connectivity index (χ1n) is 6.57. The summed E-state index contributed by atoms with van der Waals surface area (Å²) in [6, 6.07) is 1.98. The Kier molecular flexibility index (Phi) is 3.42. The summed E-state index contributed by atoms with van der Waals surface area (Å²) in [5.74, 6) is 0.712. The molecular formula is C12H16ClN5O. The second kappa shape index (κ2) is 5.21. The van der Waals surface area contributed by atoms with Gasteiger partial charge in [0.1, 0.15) is 12.1 Å². The summed E-state index contributed by atoms with van der Waals surface area (Å²) >= 11 is 6.39. The molecule has 2 atom stereocenters. The van der Waals surface area contributed by atoms with Gasteiger partial charge in [0, 0.05) is 12.1 Å². The number of H-pyrrole nitrogens is 1. The first kappa shape index (κ1) is 12.5. The Morgan fingerprint density at radius 1 is 1.37 bits per heavy atom. The van der Waals surface area contributed by atoms with Crippen molar-refractivity contribution in [1.82, 2.24) is 19.6 Å². The molecule has 0 bridgehead atoms. The van der Waals surface area contributed by atoms with Gasteiger partial charge < -0.3 is 5.32 Å². The van der Waals surface area contributed by atoms with Crippen molar-refractivity contribution in [3.63, 3.8) is 0 Å². The van der Waals surface area contributed by atoms with Gasteiger partial charge in [-0.25, -0.2) is 19.3 Å². The fourth-order valence-corrected chi connectivity index (χ4v) is 2.85. The van der Waals surface area contributed by atoms with Crippen molar-refractivity contribution in [2.24, 2.45) is 0 Å². The van der Waals surface area contributed by atoms with Crippen LogP contribution in [0.1, 0.15) is 32.1 Å². The van der Waals surface area contributed by atoms with Crippen LogP contribution in [0.15, 0.2) is 17.2 Å². The van der Waals surface area contributed by atoms with E-state index in [9.17, 15) is 4.79 Å². The molecular weight excluding hydrogens is 266 g/mol. The third-order valence-corrected chi connectivity index (χ3v) is 4.10. The van der Waals surface area contributed by atoms with Crippen LogP contribution in [0.5, 0.6) is 0 Å². The Balaban J connectivity index is 1.81. The summed E-state index contributed by atoms with van der Waals surface area (Å²) in [6.07, 6.45) is 7.17. The zero-order valence-corrected chi connectivity index (χ0v) is 11.2. The predicted octanol–water partition coefficient (Wildman–Crippen LogP) is 1.77. The van der Waals surface area contributed by atoms with Gasteiger partial charge in [0.25, 0.3) is 0 Å². The van der Waals surface area contributed by atoms with Gasteiger partial charge in [-0.2, -0.15) is 5.10 Å². The minimum atomic E-state index is -0.279. The Hall–Kier alpha value is -1.56. The average molecular weight is 282 g/mol. The first-order chi connectivity index (χ1) is 9.24. The minimum Gasteiger partial charge on any atom is -0.366 e. The van der Waals surface area contributed by atoms with E-state index in [1.807, 2.05) is 0 Å². The van der Waals surface area contributed by atoms with E-state index in [-0.39, 0.29) is 17.1 Å². The zero-order valence-electron chi connectivity index (χ0n) is 10.5. The highest BCUT2D eigenvalue weighted by Crippen LogP contribution is 2.24. The van der Waals surface area contributed by atoms with Crippen LogP contribution in [0.2, 0.25) is 0 Å². The van der Waals surface area contributed by atoms with E-state index in [2.05, 4.69) is 20.5 Å². The summed E-state index contributed by atoms with van der Waals surface area (Å²) in [6.45, 7) is 0. The van der Waals surface area contributed by atoms with E-state index < -0.39 is 0 Å². The second-order valence-corrected chi connectivity index (χ2v) is 5.50. The standard InChI is InChI=1S/C12H16ClN5O/c13-8-4-2-1-3-5-9(8)15-10-6-11-16-17-12(19)18(11)7-14-10/h6-9,15H,1-5H2,(H,17,19). The molecule has 1 saturated carbocycles. The van der Waals surface area contributed by atoms with Crippen LogP contribution in [-0.4, -0.2) is 31.0 Å². The summed E-state index contributed by atoms with van der Waals surface area (Å²) < 4.78 is 1.37. The average Bonchev–Trinajstić information content (AvgIpc) is 2.65. The Labute approximate surface area is 115 Å². The summed E-state index contributed by atoms with van der Waals surface area (Å²) in [7, 11) is 0. The van der Waals surface area contributed by atoms with Crippen molar-refractivity contribution in [3.05, 3.63) is 22.9 Å². The smallest absolute Gasteiger partial charge is 0.348 e. The fraction of sp³-hybridized carbons (Fsp3) is 0.583. The molecule has 0 amide bonds. The lowest BCUT2D eigenvalue weighted by atomic mass is 10.1. The molecule has 2 aromatic rings. The number of rotatable bonds is 2. The number of anilines is 1. The molecule has 2 heterocycles. The molecule has 102 valence electrons. The van der Waals surface area contributed by atoms with Gasteiger partial charge in [-0.15, -0.1) is 11.6 Å². The van der Waals surface area contributed by atoms with E-state index in [0.29, 0.717) is 11.5 Å². The Morgan fingerprint density at radius 2 is 2.21 bits per heavy atom. The van der Waals surface area contributed by atoms with Crippen molar-refractivity contribution in [3.8, 4) is 0 Å². The Bertz CT molecular complexity index is 622. The van der Waals surface area contributed by atoms with Crippen molar-refractivity contribution in [2.45, 2.75) is 43.5 Å². The normalized spacial score (nSPS) is 24.3. The number of aromatic nitrogens is 4. The molecule has 2 aromatic heterocycles. The molecule has 6 nitrogen and oxygen atoms in total. The highest BCUT2D eigenvalue weighted by molar-refractivity contribution is 6.21. The van der Waals surface area contributed by atoms with Crippen LogP contribution in [0.3, 0.4) is 0 Å². The highest BCUT2D eigenvalue weighted by atomic mass is 35.5. The van der Waals surface area contributed by atoms with Crippen LogP contribution in [0.4, 0.5) is 5.82 Å². The topological polar surface area (TPSA) is 75.1 Å². The lowest BCUT2D eigenvalue weighted by Crippen LogP contribution is -2.29. The Morgan fingerprint density at radius 3 is 3.11 bits per heavy atom. The molecule has 0 radical (unpaired) electrons. The van der Waals surface area contributed by atoms with Crippen LogP contribution in [0.25, 0.3) is 5.65 Å². The number of halogens is 1. The summed E-state index contributed by atoms with van der Waals surface area (Å²) in [5, 5.41) is 9.80. The highest BCUT2D eigenvalue weighted by Gasteiger charge is 2.21. The molecule has 7 heteroatoms. The SMILES string of the molecule is O=c1[nH]nc2cc(NC3CCCCCC3Cl)ncn12. The molecule has 3 rings (SSSR count). The maximum Gasteiger partial charge on any atom is 0.348 e. The number of alkyl halides is 1. The van der Waals surface area contributed by atoms with Crippen LogP contribution >= 0.6 is 11.6 Å². The number of nitrogens with zero attached hydrogens (tertiary/aromatic N) is 3. The van der Waals surface area contributed by atoms with Crippen LogP contribution in [0, 0.1) is 0 Å². The quantitative estimate of drug-likeness (QED) is 0.650. The maximum absolute atomic E-state index is 11.3. The molecule has 19 heavy (non-hydrogen) atoms. The zero-order chi connectivity index (χ0) is 13.2. The summed E-state index contributed by atoms with van der Waals surface area (Å²) in [4.78, 5) is 15.6. The van der Waals surface area contributed by atoms with Crippen molar-refractivity contribution >= 4 is 23.1 Å². The maximum atomic E-state index is 11.3. The van der Waals surface area contributed by atoms with Crippen LogP contribution < -0.4 is 11.0 Å². The molecule has 0 aromatic carbocycles. The van der Waals surface area contributed by atoms with Gasteiger partial charge in [0.15, 0.2) is 5.65 Å². The van der Waals surface area contributed by atoms with Gasteiger partial charge in [-0.05, 0) is 12.8 Å². The van der Waals surface area contributed by atoms with Gasteiger partial charge in [0.2, 0.25) is 0 Å². The van der Waals surface area contributed by atoms with Crippen molar-refractivity contribution in [1.29, 1.82) is 0 Å². The lowest BCUT2D eigenvalue weighted by Gasteiger charge is -2.21. The third kappa shape index (κ3) is 2.58. The number of nitrogens with one attached hydrogen (secondary N) is 2. The number of aromatic amines is 1. The molecule has 1 fully saturated rings. The van der Waals surface area contributed by atoms with Gasteiger partial charge in [0.05, 0.1) is 5.38 Å². The second-order valence-electron chi connectivity index (χ2n) is 4.94. The molecule has 1 aliphatic carbocycles. The van der Waals surface area contributed by atoms with E-state index in [4.69, 9.17) is 11.6 Å². The minimum absolute atomic E-state index is 0.127. The molecule has 2 N–H and O–H groups in total. The third-order valence-electron chi connectivity index (χ3n) is 3.57. The number of hydrogen-bond donors (Lipinski definition) is 2. The van der Waals surface area contributed by atoms with Crippen molar-refractivity contribution < 1.29 is 0 Å². The van der Waals surface area contributed by atoms with E-state index in [0.717, 1.165) is 12.8 Å². The molecule has 2 unspecified atom stereocenters. The largest absolute Gasteiger partial charge is 0.366 e. The molecule has 0 aliphatic heterocycles. The first-order valence-corrected chi connectivity index (χ1v) is 7.01. The van der Waals surface area contributed by atoms with E-state index in [1.165, 1.54) is 30.0 Å². The molecule has 0 spiro atoms. The van der Waals surface area contributed by atoms with Gasteiger partial charge >= 0.3 is 5.69 Å². The van der Waals surface area contributed by atoms with Crippen molar-refractivity contribution in [2.75, 3.05) is 5.32 Å². The van der Waals surface area contributed by atoms with Gasteiger partial charge in [-0.1, -0.05) is 19.3 Å².